The number of benzene rings is 3. The molecule has 0 aliphatic heterocycles. The highest BCUT2D eigenvalue weighted by atomic mass is 16.4. The van der Waals surface area contributed by atoms with Crippen molar-refractivity contribution in [2.75, 3.05) is 5.32 Å². The molecule has 0 bridgehead atoms. The van der Waals surface area contributed by atoms with Crippen LogP contribution in [0.4, 0.5) is 5.69 Å². The maximum absolute atomic E-state index is 12.2. The van der Waals surface area contributed by atoms with E-state index in [2.05, 4.69) is 5.32 Å². The van der Waals surface area contributed by atoms with Crippen molar-refractivity contribution in [2.24, 2.45) is 0 Å². The van der Waals surface area contributed by atoms with Gasteiger partial charge in [-0.2, -0.15) is 0 Å². The van der Waals surface area contributed by atoms with Crippen molar-refractivity contribution in [1.29, 1.82) is 0 Å². The Balaban J connectivity index is 1.60. The average molecular weight is 361 g/mol. The lowest BCUT2D eigenvalue weighted by Gasteiger charge is -2.09. The van der Waals surface area contributed by atoms with Crippen LogP contribution >= 0.6 is 0 Å². The molecule has 0 saturated heterocycles. The number of nitrogens with one attached hydrogen (secondary N) is 1. The number of anilines is 1. The Hall–Kier alpha value is -3.60. The van der Waals surface area contributed by atoms with Gasteiger partial charge in [0, 0.05) is 6.42 Å². The topological polar surface area (TPSA) is 86.6 Å². The predicted octanol–water partition coefficient (Wildman–Crippen LogP) is 4.33. The molecular weight excluding hydrogens is 342 g/mol. The van der Waals surface area contributed by atoms with Crippen LogP contribution in [0.3, 0.4) is 0 Å². The number of amides is 1. The molecule has 0 heterocycles. The number of hydrogen-bond donors (Lipinski definition) is 3. The number of phenols is 1. The number of carbonyl (C=O) groups is 2. The van der Waals surface area contributed by atoms with E-state index in [9.17, 15) is 14.7 Å². The first kappa shape index (κ1) is 18.2. The van der Waals surface area contributed by atoms with Crippen molar-refractivity contribution in [3.8, 4) is 16.9 Å². The molecule has 5 heteroatoms. The molecule has 1 amide bonds. The second-order valence-corrected chi connectivity index (χ2v) is 6.15. The van der Waals surface area contributed by atoms with E-state index >= 15 is 0 Å². The van der Waals surface area contributed by atoms with Crippen molar-refractivity contribution in [3.05, 3.63) is 83.9 Å². The standard InChI is InChI=1S/C22H19NO4/c24-18-5-3-4-17(14-18)16-11-8-15(9-12-16)10-13-21(25)23-20-7-2-1-6-19(20)22(26)27/h1-9,11-12,14,24H,10,13H2,(H,23,25)(H,26,27). The molecule has 0 aromatic heterocycles. The highest BCUT2D eigenvalue weighted by Gasteiger charge is 2.11. The molecule has 27 heavy (non-hydrogen) atoms. The van der Waals surface area contributed by atoms with Crippen LogP contribution < -0.4 is 5.32 Å². The molecule has 0 atom stereocenters. The van der Waals surface area contributed by atoms with Crippen LogP contribution in [0.2, 0.25) is 0 Å². The third-order valence-corrected chi connectivity index (χ3v) is 4.21. The summed E-state index contributed by atoms with van der Waals surface area (Å²) in [6.45, 7) is 0. The van der Waals surface area contributed by atoms with Crippen LogP contribution in [0.25, 0.3) is 11.1 Å². The minimum atomic E-state index is -1.08. The monoisotopic (exact) mass is 361 g/mol. The molecule has 3 N–H and O–H groups in total. The van der Waals surface area contributed by atoms with E-state index in [1.54, 1.807) is 36.4 Å². The number of carbonyl (C=O) groups excluding carboxylic acids is 1. The fourth-order valence-corrected chi connectivity index (χ4v) is 2.80. The minimum absolute atomic E-state index is 0.0707. The molecule has 0 aliphatic carbocycles. The van der Waals surface area contributed by atoms with Gasteiger partial charge in [-0.3, -0.25) is 4.79 Å². The SMILES string of the molecule is O=C(CCc1ccc(-c2cccc(O)c2)cc1)Nc1ccccc1C(=O)O. The van der Waals surface area contributed by atoms with Gasteiger partial charge in [0.15, 0.2) is 0 Å². The summed E-state index contributed by atoms with van der Waals surface area (Å²) in [6, 6.07) is 21.1. The summed E-state index contributed by atoms with van der Waals surface area (Å²) in [5.41, 5.74) is 3.27. The van der Waals surface area contributed by atoms with Crippen molar-refractivity contribution in [1.82, 2.24) is 0 Å². The van der Waals surface area contributed by atoms with Gasteiger partial charge in [-0.15, -0.1) is 0 Å². The summed E-state index contributed by atoms with van der Waals surface area (Å²) >= 11 is 0. The van der Waals surface area contributed by atoms with Gasteiger partial charge < -0.3 is 15.5 Å². The van der Waals surface area contributed by atoms with Crippen molar-refractivity contribution < 1.29 is 19.8 Å². The molecule has 0 spiro atoms. The van der Waals surface area contributed by atoms with Crippen LogP contribution in [0, 0.1) is 0 Å². The van der Waals surface area contributed by atoms with Crippen molar-refractivity contribution in [2.45, 2.75) is 12.8 Å². The predicted molar refractivity (Wildman–Crippen MR) is 104 cm³/mol. The molecule has 0 aliphatic rings. The molecule has 5 nitrogen and oxygen atoms in total. The summed E-state index contributed by atoms with van der Waals surface area (Å²) < 4.78 is 0. The molecular formula is C22H19NO4. The van der Waals surface area contributed by atoms with E-state index in [1.165, 1.54) is 6.07 Å². The third-order valence-electron chi connectivity index (χ3n) is 4.21. The Bertz CT molecular complexity index is 964. The number of aryl methyl sites for hydroxylation is 1. The normalized spacial score (nSPS) is 10.4. The zero-order valence-electron chi connectivity index (χ0n) is 14.6. The van der Waals surface area contributed by atoms with E-state index in [4.69, 9.17) is 5.11 Å². The Morgan fingerprint density at radius 1 is 0.852 bits per heavy atom. The van der Waals surface area contributed by atoms with Crippen LogP contribution in [-0.2, 0) is 11.2 Å². The Morgan fingerprint density at radius 3 is 2.30 bits per heavy atom. The number of phenolic OH excluding ortho intramolecular Hbond substituents is 1. The summed E-state index contributed by atoms with van der Waals surface area (Å²) in [4.78, 5) is 23.3. The summed E-state index contributed by atoms with van der Waals surface area (Å²) in [6.07, 6.45) is 0.792. The first-order valence-corrected chi connectivity index (χ1v) is 8.53. The first-order chi connectivity index (χ1) is 13.0. The maximum Gasteiger partial charge on any atom is 0.337 e. The first-order valence-electron chi connectivity index (χ1n) is 8.53. The Labute approximate surface area is 156 Å². The van der Waals surface area contributed by atoms with Crippen LogP contribution in [0.5, 0.6) is 5.75 Å². The largest absolute Gasteiger partial charge is 0.508 e. The van der Waals surface area contributed by atoms with Gasteiger partial charge in [0.25, 0.3) is 0 Å². The number of rotatable bonds is 6. The maximum atomic E-state index is 12.2. The highest BCUT2D eigenvalue weighted by Crippen LogP contribution is 2.23. The molecule has 0 fully saturated rings. The van der Waals surface area contributed by atoms with E-state index < -0.39 is 5.97 Å². The van der Waals surface area contributed by atoms with E-state index in [1.807, 2.05) is 30.3 Å². The van der Waals surface area contributed by atoms with Crippen LogP contribution in [0.1, 0.15) is 22.3 Å². The van der Waals surface area contributed by atoms with Gasteiger partial charge in [0.1, 0.15) is 5.75 Å². The van der Waals surface area contributed by atoms with E-state index in [-0.39, 0.29) is 23.6 Å². The summed E-state index contributed by atoms with van der Waals surface area (Å²) in [5, 5.41) is 21.4. The van der Waals surface area contributed by atoms with Gasteiger partial charge in [0.05, 0.1) is 11.3 Å². The second-order valence-electron chi connectivity index (χ2n) is 6.15. The molecule has 0 radical (unpaired) electrons. The molecule has 136 valence electrons. The molecule has 0 saturated carbocycles. The van der Waals surface area contributed by atoms with E-state index in [0.717, 1.165) is 16.7 Å². The van der Waals surface area contributed by atoms with Gasteiger partial charge in [-0.1, -0.05) is 48.5 Å². The van der Waals surface area contributed by atoms with Gasteiger partial charge >= 0.3 is 5.97 Å². The number of carboxylic acid groups (broad SMARTS) is 1. The fraction of sp³-hybridized carbons (Fsp3) is 0.0909. The van der Waals surface area contributed by atoms with Crippen LogP contribution in [0.15, 0.2) is 72.8 Å². The quantitative estimate of drug-likeness (QED) is 0.610. The Morgan fingerprint density at radius 2 is 1.59 bits per heavy atom. The number of aromatic hydroxyl groups is 1. The van der Waals surface area contributed by atoms with Gasteiger partial charge in [-0.25, -0.2) is 4.79 Å². The fourth-order valence-electron chi connectivity index (χ4n) is 2.80. The van der Waals surface area contributed by atoms with Gasteiger partial charge in [-0.05, 0) is 47.4 Å². The lowest BCUT2D eigenvalue weighted by Crippen LogP contribution is -2.15. The highest BCUT2D eigenvalue weighted by molar-refractivity contribution is 6.00. The van der Waals surface area contributed by atoms with Crippen LogP contribution in [-0.4, -0.2) is 22.1 Å². The summed E-state index contributed by atoms with van der Waals surface area (Å²) in [7, 11) is 0. The minimum Gasteiger partial charge on any atom is -0.508 e. The summed E-state index contributed by atoms with van der Waals surface area (Å²) in [5.74, 6) is -1.09. The number of para-hydroxylation sites is 1. The molecule has 3 aromatic carbocycles. The lowest BCUT2D eigenvalue weighted by atomic mass is 10.0. The number of carboxylic acids is 1. The van der Waals surface area contributed by atoms with Crippen molar-refractivity contribution in [3.63, 3.8) is 0 Å². The van der Waals surface area contributed by atoms with Gasteiger partial charge in [0.2, 0.25) is 5.91 Å². The average Bonchev–Trinajstić information content (AvgIpc) is 2.67. The smallest absolute Gasteiger partial charge is 0.337 e. The number of hydrogen-bond acceptors (Lipinski definition) is 3. The zero-order chi connectivity index (χ0) is 19.2. The lowest BCUT2D eigenvalue weighted by molar-refractivity contribution is -0.116. The van der Waals surface area contributed by atoms with E-state index in [0.29, 0.717) is 12.1 Å². The third kappa shape index (κ3) is 4.73. The Kier molecular flexibility index (Phi) is 5.52. The van der Waals surface area contributed by atoms with Crippen molar-refractivity contribution >= 4 is 17.6 Å². The number of aromatic carboxylic acids is 1. The molecule has 3 rings (SSSR count). The zero-order valence-corrected chi connectivity index (χ0v) is 14.6. The molecule has 0 unspecified atom stereocenters. The second kappa shape index (κ2) is 8.19. The molecule has 3 aromatic rings.